The zero-order valence-electron chi connectivity index (χ0n) is 15.6. The molecule has 0 heterocycles. The van der Waals surface area contributed by atoms with E-state index >= 15 is 0 Å². The van der Waals surface area contributed by atoms with Crippen molar-refractivity contribution in [1.29, 1.82) is 0 Å². The van der Waals surface area contributed by atoms with E-state index in [1.54, 1.807) is 30.3 Å². The van der Waals surface area contributed by atoms with Crippen LogP contribution in [0.4, 0.5) is 10.1 Å². The Hall–Kier alpha value is -2.14. The third kappa shape index (κ3) is 5.92. The Balaban J connectivity index is 1.74. The molecule has 3 nitrogen and oxygen atoms in total. The van der Waals surface area contributed by atoms with Crippen molar-refractivity contribution in [3.63, 3.8) is 0 Å². The second-order valence-electron chi connectivity index (χ2n) is 6.22. The quantitative estimate of drug-likeness (QED) is 0.385. The summed E-state index contributed by atoms with van der Waals surface area (Å²) in [6, 6.07) is 15.0. The molecule has 29 heavy (non-hydrogen) atoms. The second-order valence-corrected chi connectivity index (χ2v) is 7.44. The van der Waals surface area contributed by atoms with Crippen LogP contribution in [0.2, 0.25) is 15.1 Å². The Morgan fingerprint density at radius 1 is 0.828 bits per heavy atom. The molecule has 0 saturated carbocycles. The van der Waals surface area contributed by atoms with Crippen molar-refractivity contribution in [3.05, 3.63) is 86.6 Å². The molecular formula is C22H19Cl3FNO2. The van der Waals surface area contributed by atoms with E-state index in [0.29, 0.717) is 39.7 Å². The molecule has 3 aromatic rings. The van der Waals surface area contributed by atoms with Gasteiger partial charge in [0.05, 0.1) is 16.7 Å². The number of halogens is 4. The Morgan fingerprint density at radius 2 is 1.55 bits per heavy atom. The van der Waals surface area contributed by atoms with Crippen molar-refractivity contribution in [2.45, 2.75) is 20.1 Å². The predicted molar refractivity (Wildman–Crippen MR) is 117 cm³/mol. The molecule has 0 radical (unpaired) electrons. The van der Waals surface area contributed by atoms with Gasteiger partial charge in [-0.2, -0.15) is 0 Å². The van der Waals surface area contributed by atoms with E-state index in [4.69, 9.17) is 44.3 Å². The van der Waals surface area contributed by atoms with Crippen LogP contribution in [0, 0.1) is 5.82 Å². The third-order valence-corrected chi connectivity index (χ3v) is 5.21. The van der Waals surface area contributed by atoms with Crippen molar-refractivity contribution in [3.8, 4) is 11.5 Å². The molecule has 0 aromatic heterocycles. The summed E-state index contributed by atoms with van der Waals surface area (Å²) in [5.74, 6) is 0.829. The minimum atomic E-state index is -0.286. The van der Waals surface area contributed by atoms with Gasteiger partial charge in [0.1, 0.15) is 12.4 Å². The molecule has 0 aliphatic heterocycles. The van der Waals surface area contributed by atoms with Crippen LogP contribution in [0.25, 0.3) is 0 Å². The van der Waals surface area contributed by atoms with Gasteiger partial charge < -0.3 is 14.8 Å². The first-order chi connectivity index (χ1) is 14.0. The highest BCUT2D eigenvalue weighted by Crippen LogP contribution is 2.35. The molecule has 3 aromatic carbocycles. The highest BCUT2D eigenvalue weighted by atomic mass is 35.5. The summed E-state index contributed by atoms with van der Waals surface area (Å²) in [4.78, 5) is 0. The molecule has 0 unspecified atom stereocenters. The zero-order valence-corrected chi connectivity index (χ0v) is 17.9. The van der Waals surface area contributed by atoms with Crippen molar-refractivity contribution >= 4 is 40.5 Å². The van der Waals surface area contributed by atoms with Crippen LogP contribution >= 0.6 is 34.8 Å². The fraction of sp³-hybridized carbons (Fsp3) is 0.182. The molecule has 0 atom stereocenters. The lowest BCUT2D eigenvalue weighted by atomic mass is 10.2. The van der Waals surface area contributed by atoms with Crippen LogP contribution in [0.3, 0.4) is 0 Å². The molecule has 1 N–H and O–H groups in total. The molecule has 0 spiro atoms. The standard InChI is InChI=1S/C22H19Cl3FNO2/c1-2-28-21-9-15(12-27-17-7-8-18(23)20(25)10-17)19(24)11-22(21)29-13-14-3-5-16(26)6-4-14/h3-11,27H,2,12-13H2,1H3. The van der Waals surface area contributed by atoms with Gasteiger partial charge in [-0.3, -0.25) is 0 Å². The molecule has 0 fully saturated rings. The van der Waals surface area contributed by atoms with E-state index in [1.807, 2.05) is 19.1 Å². The highest BCUT2D eigenvalue weighted by molar-refractivity contribution is 6.42. The fourth-order valence-corrected chi connectivity index (χ4v) is 3.16. The molecule has 0 aliphatic rings. The van der Waals surface area contributed by atoms with E-state index in [1.165, 1.54) is 12.1 Å². The number of ether oxygens (including phenoxy) is 2. The zero-order chi connectivity index (χ0) is 20.8. The van der Waals surface area contributed by atoms with Crippen LogP contribution in [0.1, 0.15) is 18.1 Å². The molecule has 0 amide bonds. The summed E-state index contributed by atoms with van der Waals surface area (Å²) in [6.45, 7) is 3.12. The molecule has 0 aliphatic carbocycles. The van der Waals surface area contributed by atoms with Gasteiger partial charge in [0.15, 0.2) is 11.5 Å². The van der Waals surface area contributed by atoms with Gasteiger partial charge in [0, 0.05) is 23.3 Å². The SMILES string of the molecule is CCOc1cc(CNc2ccc(Cl)c(Cl)c2)c(Cl)cc1OCc1ccc(F)cc1. The first-order valence-corrected chi connectivity index (χ1v) is 10.1. The van der Waals surface area contributed by atoms with Crippen LogP contribution in [-0.4, -0.2) is 6.61 Å². The van der Waals surface area contributed by atoms with Gasteiger partial charge >= 0.3 is 0 Å². The average molecular weight is 455 g/mol. The maximum atomic E-state index is 13.1. The second kappa shape index (κ2) is 10.1. The minimum absolute atomic E-state index is 0.275. The number of rotatable bonds is 8. The van der Waals surface area contributed by atoms with Crippen molar-refractivity contribution in [1.82, 2.24) is 0 Å². The summed E-state index contributed by atoms with van der Waals surface area (Å²) in [5, 5.41) is 4.77. The summed E-state index contributed by atoms with van der Waals surface area (Å²) < 4.78 is 24.6. The Bertz CT molecular complexity index is 981. The third-order valence-electron chi connectivity index (χ3n) is 4.12. The normalized spacial score (nSPS) is 10.7. The number of hydrogen-bond donors (Lipinski definition) is 1. The van der Waals surface area contributed by atoms with E-state index < -0.39 is 0 Å². The van der Waals surface area contributed by atoms with Gasteiger partial charge in [-0.25, -0.2) is 4.39 Å². The number of anilines is 1. The summed E-state index contributed by atoms with van der Waals surface area (Å²) in [7, 11) is 0. The molecular weight excluding hydrogens is 436 g/mol. The molecule has 0 bridgehead atoms. The van der Waals surface area contributed by atoms with Gasteiger partial charge in [0.2, 0.25) is 0 Å². The Morgan fingerprint density at radius 3 is 2.24 bits per heavy atom. The lowest BCUT2D eigenvalue weighted by molar-refractivity contribution is 0.269. The summed E-state index contributed by atoms with van der Waals surface area (Å²) in [6.07, 6.45) is 0. The van der Waals surface area contributed by atoms with Crippen molar-refractivity contribution < 1.29 is 13.9 Å². The average Bonchev–Trinajstić information content (AvgIpc) is 2.70. The van der Waals surface area contributed by atoms with Crippen LogP contribution in [-0.2, 0) is 13.2 Å². The maximum Gasteiger partial charge on any atom is 0.163 e. The van der Waals surface area contributed by atoms with E-state index in [2.05, 4.69) is 5.32 Å². The molecule has 0 saturated heterocycles. The maximum absolute atomic E-state index is 13.1. The van der Waals surface area contributed by atoms with Gasteiger partial charge in [0.25, 0.3) is 0 Å². The number of hydrogen-bond acceptors (Lipinski definition) is 3. The van der Waals surface area contributed by atoms with Crippen molar-refractivity contribution in [2.24, 2.45) is 0 Å². The highest BCUT2D eigenvalue weighted by Gasteiger charge is 2.12. The lowest BCUT2D eigenvalue weighted by Gasteiger charge is -2.16. The van der Waals surface area contributed by atoms with E-state index in [-0.39, 0.29) is 12.4 Å². The van der Waals surface area contributed by atoms with Crippen molar-refractivity contribution in [2.75, 3.05) is 11.9 Å². The smallest absolute Gasteiger partial charge is 0.163 e. The van der Waals surface area contributed by atoms with E-state index in [9.17, 15) is 4.39 Å². The Kier molecular flexibility index (Phi) is 7.48. The largest absolute Gasteiger partial charge is 0.490 e. The summed E-state index contributed by atoms with van der Waals surface area (Å²) in [5.41, 5.74) is 2.51. The number of benzene rings is 3. The van der Waals surface area contributed by atoms with Crippen LogP contribution in [0.15, 0.2) is 54.6 Å². The van der Waals surface area contributed by atoms with Gasteiger partial charge in [-0.1, -0.05) is 46.9 Å². The predicted octanol–water partition coefficient (Wildman–Crippen LogP) is 7.38. The van der Waals surface area contributed by atoms with Gasteiger partial charge in [-0.15, -0.1) is 0 Å². The molecule has 152 valence electrons. The van der Waals surface area contributed by atoms with Crippen LogP contribution < -0.4 is 14.8 Å². The van der Waals surface area contributed by atoms with E-state index in [0.717, 1.165) is 16.8 Å². The Labute approximate surface area is 184 Å². The fourth-order valence-electron chi connectivity index (χ4n) is 2.64. The monoisotopic (exact) mass is 453 g/mol. The first-order valence-electron chi connectivity index (χ1n) is 8.97. The molecule has 3 rings (SSSR count). The first kappa shape index (κ1) is 21.6. The minimum Gasteiger partial charge on any atom is -0.490 e. The van der Waals surface area contributed by atoms with Crippen LogP contribution in [0.5, 0.6) is 11.5 Å². The topological polar surface area (TPSA) is 30.5 Å². The number of nitrogens with one attached hydrogen (secondary N) is 1. The summed E-state index contributed by atoms with van der Waals surface area (Å²) >= 11 is 18.5. The lowest BCUT2D eigenvalue weighted by Crippen LogP contribution is -2.04. The molecule has 7 heteroatoms. The van der Waals surface area contributed by atoms with Gasteiger partial charge in [-0.05, 0) is 54.4 Å².